The van der Waals surface area contributed by atoms with Gasteiger partial charge in [0.1, 0.15) is 12.1 Å². The van der Waals surface area contributed by atoms with Gasteiger partial charge in [-0.2, -0.15) is 13.2 Å². The van der Waals surface area contributed by atoms with Crippen molar-refractivity contribution in [1.29, 1.82) is 0 Å². The maximum atomic E-state index is 13.4. The van der Waals surface area contributed by atoms with E-state index in [0.29, 0.717) is 24.7 Å². The summed E-state index contributed by atoms with van der Waals surface area (Å²) in [6.07, 6.45) is -0.572. The van der Waals surface area contributed by atoms with E-state index in [4.69, 9.17) is 9.47 Å². The molecule has 134 valence electrons. The molecule has 1 heterocycles. The van der Waals surface area contributed by atoms with Crippen LogP contribution in [0.4, 0.5) is 13.2 Å². The van der Waals surface area contributed by atoms with E-state index in [9.17, 15) is 22.8 Å². The first kappa shape index (κ1) is 18.5. The van der Waals surface area contributed by atoms with Gasteiger partial charge in [0.15, 0.2) is 0 Å². The van der Waals surface area contributed by atoms with E-state index in [0.717, 1.165) is 12.8 Å². The van der Waals surface area contributed by atoms with Crippen molar-refractivity contribution in [3.05, 3.63) is 24.8 Å². The van der Waals surface area contributed by atoms with Crippen molar-refractivity contribution >= 4 is 11.9 Å². The van der Waals surface area contributed by atoms with Crippen molar-refractivity contribution in [3.63, 3.8) is 0 Å². The average molecular weight is 347 g/mol. The highest BCUT2D eigenvalue weighted by Crippen LogP contribution is 2.40. The second kappa shape index (κ2) is 6.23. The average Bonchev–Trinajstić information content (AvgIpc) is 2.95. The molecule has 0 aromatic heterocycles. The number of nitrogens with zero attached hydrogens (tertiary/aromatic N) is 1. The molecule has 1 saturated heterocycles. The lowest BCUT2D eigenvalue weighted by Gasteiger charge is -2.45. The fourth-order valence-corrected chi connectivity index (χ4v) is 2.92. The van der Waals surface area contributed by atoms with E-state index < -0.39 is 42.5 Å². The first-order chi connectivity index (χ1) is 11.0. The van der Waals surface area contributed by atoms with Crippen molar-refractivity contribution in [2.24, 2.45) is 0 Å². The summed E-state index contributed by atoms with van der Waals surface area (Å²) < 4.78 is 50.2. The van der Waals surface area contributed by atoms with Crippen molar-refractivity contribution in [3.8, 4) is 0 Å². The summed E-state index contributed by atoms with van der Waals surface area (Å²) in [6, 6.07) is 0. The van der Waals surface area contributed by atoms with Crippen LogP contribution in [-0.2, 0) is 19.1 Å². The van der Waals surface area contributed by atoms with E-state index in [2.05, 4.69) is 13.2 Å². The van der Waals surface area contributed by atoms with Gasteiger partial charge in [0.05, 0.1) is 6.61 Å². The standard InChI is InChI=1S/C16H20F3NO4/c1-4-15(7-5-6-8-15)24-12(21)9-20-13(22)11(2)10-23-14(20,3)16(17,18)19/h4H,1-2,5-10H2,3H3. The van der Waals surface area contributed by atoms with Gasteiger partial charge in [0.25, 0.3) is 5.91 Å². The van der Waals surface area contributed by atoms with Crippen LogP contribution in [0.5, 0.6) is 0 Å². The number of esters is 1. The molecule has 0 aromatic rings. The molecule has 0 radical (unpaired) electrons. The molecule has 0 bridgehead atoms. The number of hydrogen-bond donors (Lipinski definition) is 0. The Hall–Kier alpha value is -1.83. The molecule has 5 nitrogen and oxygen atoms in total. The maximum Gasteiger partial charge on any atom is 0.436 e. The lowest BCUT2D eigenvalue weighted by atomic mass is 10.0. The third-order valence-corrected chi connectivity index (χ3v) is 4.54. The van der Waals surface area contributed by atoms with E-state index in [-0.39, 0.29) is 5.57 Å². The highest BCUT2D eigenvalue weighted by Gasteiger charge is 2.61. The van der Waals surface area contributed by atoms with E-state index >= 15 is 0 Å². The Morgan fingerprint density at radius 1 is 1.42 bits per heavy atom. The summed E-state index contributed by atoms with van der Waals surface area (Å²) >= 11 is 0. The summed E-state index contributed by atoms with van der Waals surface area (Å²) in [7, 11) is 0. The zero-order valence-electron chi connectivity index (χ0n) is 13.4. The lowest BCUT2D eigenvalue weighted by Crippen LogP contribution is -2.65. The van der Waals surface area contributed by atoms with Crippen molar-refractivity contribution < 1.29 is 32.2 Å². The van der Waals surface area contributed by atoms with Crippen LogP contribution in [0.3, 0.4) is 0 Å². The molecule has 1 atom stereocenters. The predicted octanol–water partition coefficient (Wildman–Crippen LogP) is 2.72. The number of alkyl halides is 3. The Bertz CT molecular complexity index is 566. The minimum absolute atomic E-state index is 0.149. The molecule has 2 rings (SSSR count). The Balaban J connectivity index is 2.19. The van der Waals surface area contributed by atoms with Crippen LogP contribution in [-0.4, -0.2) is 47.4 Å². The number of carbonyl (C=O) groups is 2. The van der Waals surface area contributed by atoms with Crippen LogP contribution in [0.2, 0.25) is 0 Å². The summed E-state index contributed by atoms with van der Waals surface area (Å²) in [6.45, 7) is 6.31. The third-order valence-electron chi connectivity index (χ3n) is 4.54. The quantitative estimate of drug-likeness (QED) is 0.446. The summed E-state index contributed by atoms with van der Waals surface area (Å²) in [5.74, 6) is -1.91. The molecule has 24 heavy (non-hydrogen) atoms. The van der Waals surface area contributed by atoms with Gasteiger partial charge in [-0.25, -0.2) is 0 Å². The number of amides is 1. The Kier molecular flexibility index (Phi) is 4.81. The maximum absolute atomic E-state index is 13.4. The number of rotatable bonds is 4. The second-order valence-corrected chi connectivity index (χ2v) is 6.21. The molecule has 0 spiro atoms. The first-order valence-electron chi connectivity index (χ1n) is 7.60. The van der Waals surface area contributed by atoms with Gasteiger partial charge in [0, 0.05) is 5.57 Å². The molecule has 1 aliphatic heterocycles. The summed E-state index contributed by atoms with van der Waals surface area (Å²) in [5, 5.41) is 0. The highest BCUT2D eigenvalue weighted by molar-refractivity contribution is 5.96. The molecule has 1 saturated carbocycles. The fourth-order valence-electron chi connectivity index (χ4n) is 2.92. The zero-order chi connectivity index (χ0) is 18.2. The van der Waals surface area contributed by atoms with Gasteiger partial charge < -0.3 is 9.47 Å². The van der Waals surface area contributed by atoms with Gasteiger partial charge in [-0.1, -0.05) is 13.2 Å². The molecule has 0 N–H and O–H groups in total. The molecule has 2 fully saturated rings. The van der Waals surface area contributed by atoms with Gasteiger partial charge in [-0.05, 0) is 38.7 Å². The number of hydrogen-bond acceptors (Lipinski definition) is 4. The lowest BCUT2D eigenvalue weighted by molar-refractivity contribution is -0.321. The number of carbonyl (C=O) groups excluding carboxylic acids is 2. The van der Waals surface area contributed by atoms with Crippen molar-refractivity contribution in [2.45, 2.75) is 50.1 Å². The minimum atomic E-state index is -4.87. The van der Waals surface area contributed by atoms with Gasteiger partial charge in [-0.15, -0.1) is 0 Å². The molecule has 8 heteroatoms. The van der Waals surface area contributed by atoms with Gasteiger partial charge in [-0.3, -0.25) is 14.5 Å². The molecular weight excluding hydrogens is 327 g/mol. The second-order valence-electron chi connectivity index (χ2n) is 6.21. The highest BCUT2D eigenvalue weighted by atomic mass is 19.4. The van der Waals surface area contributed by atoms with Crippen LogP contribution in [0.25, 0.3) is 0 Å². The summed E-state index contributed by atoms with van der Waals surface area (Å²) in [4.78, 5) is 24.6. The van der Waals surface area contributed by atoms with E-state index in [1.165, 1.54) is 6.08 Å². The smallest absolute Gasteiger partial charge is 0.436 e. The molecular formula is C16H20F3NO4. The largest absolute Gasteiger partial charge is 0.454 e. The molecule has 1 aliphatic carbocycles. The molecule has 1 unspecified atom stereocenters. The van der Waals surface area contributed by atoms with Crippen LogP contribution >= 0.6 is 0 Å². The van der Waals surface area contributed by atoms with Crippen LogP contribution in [0, 0.1) is 0 Å². The van der Waals surface area contributed by atoms with Gasteiger partial charge in [0.2, 0.25) is 5.72 Å². The van der Waals surface area contributed by atoms with Gasteiger partial charge >= 0.3 is 12.1 Å². The normalized spacial score (nSPS) is 27.2. The van der Waals surface area contributed by atoms with E-state index in [1.807, 2.05) is 0 Å². The van der Waals surface area contributed by atoms with Crippen LogP contribution < -0.4 is 0 Å². The number of ether oxygens (including phenoxy) is 2. The fraction of sp³-hybridized carbons (Fsp3) is 0.625. The Morgan fingerprint density at radius 2 is 2.00 bits per heavy atom. The summed E-state index contributed by atoms with van der Waals surface area (Å²) in [5.41, 5.74) is -3.92. The van der Waals surface area contributed by atoms with Crippen molar-refractivity contribution in [2.75, 3.05) is 13.2 Å². The molecule has 2 aliphatic rings. The zero-order valence-corrected chi connectivity index (χ0v) is 13.4. The predicted molar refractivity (Wildman–Crippen MR) is 78.8 cm³/mol. The molecule has 0 aromatic carbocycles. The topological polar surface area (TPSA) is 55.8 Å². The van der Waals surface area contributed by atoms with E-state index in [1.54, 1.807) is 0 Å². The Labute approximate surface area is 138 Å². The monoisotopic (exact) mass is 347 g/mol. The van der Waals surface area contributed by atoms with Crippen LogP contribution in [0.1, 0.15) is 32.6 Å². The molecule has 1 amide bonds. The van der Waals surface area contributed by atoms with Crippen molar-refractivity contribution in [1.82, 2.24) is 4.90 Å². The first-order valence-corrected chi connectivity index (χ1v) is 7.60. The SMILES string of the molecule is C=CC1(OC(=O)CN2C(=O)C(=C)COC2(C)C(F)(F)F)CCCC1. The number of halogens is 3. The van der Waals surface area contributed by atoms with Crippen LogP contribution in [0.15, 0.2) is 24.8 Å². The third kappa shape index (κ3) is 3.19. The Morgan fingerprint density at radius 3 is 2.50 bits per heavy atom. The minimum Gasteiger partial charge on any atom is -0.454 e.